The van der Waals surface area contributed by atoms with E-state index in [0.29, 0.717) is 59.2 Å². The standard InChI is InChI=1S/C27H28F2N6O2S/c1-15(2)24-32-31-21-9-8-20(33-35(21)24)23-22(18-7-6-17(28)14-19(18)29)30-25(38-23)16-10-12-34(13-11-16)26(36)37-27(3,4)5/h6-9,14,16H,1,10-13H2,2-5H3. The highest BCUT2D eigenvalue weighted by molar-refractivity contribution is 7.15. The Morgan fingerprint density at radius 2 is 1.87 bits per heavy atom. The minimum absolute atomic E-state index is 0.0688. The molecule has 0 saturated carbocycles. The molecule has 1 aromatic carbocycles. The number of nitrogens with zero attached hydrogens (tertiary/aromatic N) is 6. The van der Waals surface area contributed by atoms with Crippen molar-refractivity contribution in [2.75, 3.05) is 13.1 Å². The molecule has 0 bridgehead atoms. The van der Waals surface area contributed by atoms with Gasteiger partial charge in [0.05, 0.1) is 15.6 Å². The molecule has 8 nitrogen and oxygen atoms in total. The Bertz CT molecular complexity index is 1530. The number of benzene rings is 1. The Morgan fingerprint density at radius 1 is 1.13 bits per heavy atom. The number of allylic oxidation sites excluding steroid dienone is 1. The fraction of sp³-hybridized carbons (Fsp3) is 0.370. The third-order valence-electron chi connectivity index (χ3n) is 6.20. The molecular formula is C27H28F2N6O2S. The van der Waals surface area contributed by atoms with Crippen LogP contribution in [0.5, 0.6) is 0 Å². The van der Waals surface area contributed by atoms with Crippen LogP contribution in [0.2, 0.25) is 0 Å². The third kappa shape index (κ3) is 5.15. The summed E-state index contributed by atoms with van der Waals surface area (Å²) in [5.41, 5.74) is 1.85. The van der Waals surface area contributed by atoms with Crippen molar-refractivity contribution < 1.29 is 18.3 Å². The number of thiazole rings is 1. The first-order valence-electron chi connectivity index (χ1n) is 12.3. The van der Waals surface area contributed by atoms with Crippen LogP contribution in [0.1, 0.15) is 57.3 Å². The Hall–Kier alpha value is -3.73. The Kier molecular flexibility index (Phi) is 6.72. The van der Waals surface area contributed by atoms with E-state index in [0.717, 1.165) is 11.1 Å². The van der Waals surface area contributed by atoms with Crippen LogP contribution in [0, 0.1) is 11.6 Å². The van der Waals surface area contributed by atoms with Crippen LogP contribution in [0.25, 0.3) is 33.0 Å². The number of rotatable bonds is 4. The SMILES string of the molecule is C=C(C)c1nnc2ccc(-c3sc(C4CCN(C(=O)OC(C)(C)C)CC4)nc3-c3ccc(F)cc3F)nn12. The number of likely N-dealkylation sites (tertiary alicyclic amines) is 1. The van der Waals surface area contributed by atoms with Crippen LogP contribution in [-0.4, -0.2) is 54.5 Å². The van der Waals surface area contributed by atoms with Gasteiger partial charge in [0.25, 0.3) is 0 Å². The van der Waals surface area contributed by atoms with Crippen molar-refractivity contribution >= 4 is 28.7 Å². The first kappa shape index (κ1) is 25.9. The van der Waals surface area contributed by atoms with Gasteiger partial charge in [-0.1, -0.05) is 6.58 Å². The van der Waals surface area contributed by atoms with Crippen molar-refractivity contribution in [3.8, 4) is 21.8 Å². The van der Waals surface area contributed by atoms with Gasteiger partial charge in [-0.15, -0.1) is 21.5 Å². The van der Waals surface area contributed by atoms with E-state index < -0.39 is 17.2 Å². The van der Waals surface area contributed by atoms with E-state index in [-0.39, 0.29) is 17.6 Å². The normalized spacial score (nSPS) is 14.7. The minimum atomic E-state index is -0.698. The van der Waals surface area contributed by atoms with Crippen LogP contribution >= 0.6 is 11.3 Å². The van der Waals surface area contributed by atoms with Crippen LogP contribution in [0.3, 0.4) is 0 Å². The summed E-state index contributed by atoms with van der Waals surface area (Å²) in [5.74, 6) is -0.765. The smallest absolute Gasteiger partial charge is 0.410 e. The summed E-state index contributed by atoms with van der Waals surface area (Å²) in [6, 6.07) is 7.04. The van der Waals surface area contributed by atoms with Crippen LogP contribution in [0.15, 0.2) is 36.9 Å². The number of hydrogen-bond acceptors (Lipinski definition) is 7. The fourth-order valence-corrected chi connectivity index (χ4v) is 5.57. The van der Waals surface area contributed by atoms with E-state index in [1.807, 2.05) is 27.7 Å². The third-order valence-corrected chi connectivity index (χ3v) is 7.44. The highest BCUT2D eigenvalue weighted by Crippen LogP contribution is 2.42. The van der Waals surface area contributed by atoms with Gasteiger partial charge in [-0.25, -0.2) is 18.6 Å². The highest BCUT2D eigenvalue weighted by atomic mass is 32.1. The Morgan fingerprint density at radius 3 is 2.53 bits per heavy atom. The van der Waals surface area contributed by atoms with Gasteiger partial charge in [-0.05, 0) is 70.4 Å². The molecular weight excluding hydrogens is 510 g/mol. The molecule has 0 spiro atoms. The summed E-state index contributed by atoms with van der Waals surface area (Å²) in [5, 5.41) is 13.8. The van der Waals surface area contributed by atoms with Gasteiger partial charge in [0, 0.05) is 30.6 Å². The van der Waals surface area contributed by atoms with E-state index in [1.165, 1.54) is 23.5 Å². The predicted octanol–water partition coefficient (Wildman–Crippen LogP) is 6.34. The molecule has 198 valence electrons. The van der Waals surface area contributed by atoms with Crippen molar-refractivity contribution in [2.45, 2.75) is 52.1 Å². The number of ether oxygens (including phenoxy) is 1. The number of halogens is 2. The molecule has 0 atom stereocenters. The molecule has 0 aliphatic carbocycles. The second kappa shape index (κ2) is 9.86. The maximum atomic E-state index is 14.9. The maximum absolute atomic E-state index is 14.9. The zero-order chi connectivity index (χ0) is 27.2. The van der Waals surface area contributed by atoms with Crippen LogP contribution in [0.4, 0.5) is 13.6 Å². The van der Waals surface area contributed by atoms with Gasteiger partial charge < -0.3 is 9.64 Å². The maximum Gasteiger partial charge on any atom is 0.410 e. The topological polar surface area (TPSA) is 85.5 Å². The summed E-state index contributed by atoms with van der Waals surface area (Å²) in [4.78, 5) is 19.7. The van der Waals surface area contributed by atoms with E-state index in [1.54, 1.807) is 21.5 Å². The molecule has 1 saturated heterocycles. The van der Waals surface area contributed by atoms with Crippen LogP contribution < -0.4 is 0 Å². The summed E-state index contributed by atoms with van der Waals surface area (Å²) in [6.45, 7) is 12.3. The average molecular weight is 539 g/mol. The van der Waals surface area contributed by atoms with Crippen molar-refractivity contribution in [1.82, 2.24) is 29.7 Å². The molecule has 1 fully saturated rings. The molecule has 4 heterocycles. The van der Waals surface area contributed by atoms with Gasteiger partial charge in [0.15, 0.2) is 11.5 Å². The second-order valence-electron chi connectivity index (χ2n) is 10.4. The van der Waals surface area contributed by atoms with E-state index >= 15 is 0 Å². The monoisotopic (exact) mass is 538 g/mol. The van der Waals surface area contributed by atoms with Crippen molar-refractivity contribution in [3.63, 3.8) is 0 Å². The molecule has 0 radical (unpaired) electrons. The lowest BCUT2D eigenvalue weighted by Gasteiger charge is -2.32. The Labute approximate surface area is 223 Å². The zero-order valence-electron chi connectivity index (χ0n) is 21.7. The minimum Gasteiger partial charge on any atom is -0.444 e. The number of piperidine rings is 1. The van der Waals surface area contributed by atoms with Crippen molar-refractivity contribution in [1.29, 1.82) is 0 Å². The van der Waals surface area contributed by atoms with E-state index in [2.05, 4.69) is 16.8 Å². The molecule has 0 unspecified atom stereocenters. The molecule has 1 aliphatic rings. The lowest BCUT2D eigenvalue weighted by Crippen LogP contribution is -2.41. The van der Waals surface area contributed by atoms with Gasteiger partial charge in [-0.3, -0.25) is 0 Å². The first-order chi connectivity index (χ1) is 18.0. The van der Waals surface area contributed by atoms with Gasteiger partial charge in [0.2, 0.25) is 0 Å². The number of carbonyl (C=O) groups excluding carboxylic acids is 1. The molecule has 3 aromatic heterocycles. The molecule has 38 heavy (non-hydrogen) atoms. The predicted molar refractivity (Wildman–Crippen MR) is 142 cm³/mol. The second-order valence-corrected chi connectivity index (χ2v) is 11.4. The number of fused-ring (bicyclic) bond motifs is 1. The first-order valence-corrected chi connectivity index (χ1v) is 13.1. The summed E-state index contributed by atoms with van der Waals surface area (Å²) >= 11 is 1.43. The molecule has 5 rings (SSSR count). The van der Waals surface area contributed by atoms with E-state index in [4.69, 9.17) is 14.8 Å². The van der Waals surface area contributed by atoms with Gasteiger partial charge in [-0.2, -0.15) is 9.61 Å². The molecule has 4 aromatic rings. The van der Waals surface area contributed by atoms with Crippen molar-refractivity contribution in [3.05, 3.63) is 59.4 Å². The summed E-state index contributed by atoms with van der Waals surface area (Å²) < 4.78 is 35.8. The van der Waals surface area contributed by atoms with Crippen LogP contribution in [-0.2, 0) is 4.74 Å². The number of aromatic nitrogens is 5. The largest absolute Gasteiger partial charge is 0.444 e. The summed E-state index contributed by atoms with van der Waals surface area (Å²) in [7, 11) is 0. The molecule has 0 N–H and O–H groups in total. The zero-order valence-corrected chi connectivity index (χ0v) is 22.5. The lowest BCUT2D eigenvalue weighted by molar-refractivity contribution is 0.0205. The lowest BCUT2D eigenvalue weighted by atomic mass is 9.98. The van der Waals surface area contributed by atoms with Crippen molar-refractivity contribution in [2.24, 2.45) is 0 Å². The van der Waals surface area contributed by atoms with Gasteiger partial charge in [0.1, 0.15) is 22.9 Å². The average Bonchev–Trinajstić information content (AvgIpc) is 3.47. The summed E-state index contributed by atoms with van der Waals surface area (Å²) in [6.07, 6.45) is 1.05. The van der Waals surface area contributed by atoms with Gasteiger partial charge >= 0.3 is 6.09 Å². The van der Waals surface area contributed by atoms with E-state index in [9.17, 15) is 13.6 Å². The molecule has 1 amide bonds. The number of amides is 1. The quantitative estimate of drug-likeness (QED) is 0.301. The molecule has 1 aliphatic heterocycles. The number of hydrogen-bond donors (Lipinski definition) is 0. The molecule has 11 heteroatoms. The fourth-order valence-electron chi connectivity index (χ4n) is 4.36. The number of carbonyl (C=O) groups is 1. The highest BCUT2D eigenvalue weighted by Gasteiger charge is 2.30. The Balaban J connectivity index is 1.51.